The number of halogens is 1. The Balaban J connectivity index is 1.57. The fraction of sp³-hybridized carbons (Fsp3) is 0.250. The Morgan fingerprint density at radius 2 is 1.86 bits per heavy atom. The molecule has 0 bridgehead atoms. The molecular weight excluding hydrogens is 440 g/mol. The minimum absolute atomic E-state index is 0.0856. The third-order valence-corrected chi connectivity index (χ3v) is 5.58. The van der Waals surface area contributed by atoms with Crippen molar-refractivity contribution in [1.29, 1.82) is 0 Å². The number of ether oxygens (including phenoxy) is 1. The number of hydrogen-bond acceptors (Lipinski definition) is 5. The van der Waals surface area contributed by atoms with Crippen LogP contribution in [-0.2, 0) is 11.8 Å². The number of nitrogens with zero attached hydrogens (tertiary/aromatic N) is 3. The number of thioether (sulfide) groups is 1. The number of benzene rings is 2. The molecule has 146 valence electrons. The monoisotopic (exact) mass is 460 g/mol. The lowest BCUT2D eigenvalue weighted by molar-refractivity contribution is -0.113. The van der Waals surface area contributed by atoms with Crippen molar-refractivity contribution in [3.63, 3.8) is 0 Å². The first-order valence-corrected chi connectivity index (χ1v) is 10.5. The van der Waals surface area contributed by atoms with Gasteiger partial charge in [-0.2, -0.15) is 0 Å². The van der Waals surface area contributed by atoms with E-state index in [1.807, 2.05) is 74.0 Å². The topological polar surface area (TPSA) is 69.0 Å². The summed E-state index contributed by atoms with van der Waals surface area (Å²) < 4.78 is 8.78. The van der Waals surface area contributed by atoms with Crippen LogP contribution in [0.5, 0.6) is 5.75 Å². The Kier molecular flexibility index (Phi) is 6.74. The van der Waals surface area contributed by atoms with Crippen LogP contribution in [0.3, 0.4) is 0 Å². The second kappa shape index (κ2) is 9.25. The lowest BCUT2D eigenvalue weighted by atomic mass is 10.2. The quantitative estimate of drug-likeness (QED) is 0.514. The van der Waals surface area contributed by atoms with Gasteiger partial charge < -0.3 is 14.6 Å². The summed E-state index contributed by atoms with van der Waals surface area (Å²) in [7, 11) is 1.87. The van der Waals surface area contributed by atoms with Gasteiger partial charge in [0.2, 0.25) is 5.91 Å². The maximum atomic E-state index is 12.2. The third-order valence-electron chi connectivity index (χ3n) is 4.03. The summed E-state index contributed by atoms with van der Waals surface area (Å²) in [5, 5.41) is 12.0. The third kappa shape index (κ3) is 5.36. The van der Waals surface area contributed by atoms with Crippen molar-refractivity contribution in [2.75, 3.05) is 11.1 Å². The van der Waals surface area contributed by atoms with Crippen LogP contribution in [0.1, 0.15) is 24.4 Å². The summed E-state index contributed by atoms with van der Waals surface area (Å²) >= 11 is 4.75. The molecule has 0 spiro atoms. The Hall–Kier alpha value is -2.32. The highest BCUT2D eigenvalue weighted by Crippen LogP contribution is 2.25. The summed E-state index contributed by atoms with van der Waals surface area (Å²) in [5.74, 6) is 1.62. The van der Waals surface area contributed by atoms with E-state index in [2.05, 4.69) is 31.4 Å². The van der Waals surface area contributed by atoms with E-state index >= 15 is 0 Å². The van der Waals surface area contributed by atoms with Crippen molar-refractivity contribution in [1.82, 2.24) is 14.8 Å². The molecular formula is C20H21BrN4O2S. The highest BCUT2D eigenvalue weighted by Gasteiger charge is 2.18. The molecule has 1 aromatic heterocycles. The van der Waals surface area contributed by atoms with Crippen LogP contribution in [0.4, 0.5) is 5.69 Å². The van der Waals surface area contributed by atoms with E-state index in [-0.39, 0.29) is 17.8 Å². The highest BCUT2D eigenvalue weighted by atomic mass is 79.9. The number of carbonyl (C=O) groups is 1. The first kappa shape index (κ1) is 20.4. The van der Waals surface area contributed by atoms with Crippen molar-refractivity contribution in [3.8, 4) is 5.75 Å². The number of amides is 1. The van der Waals surface area contributed by atoms with Crippen LogP contribution in [0.15, 0.2) is 58.2 Å². The van der Waals surface area contributed by atoms with E-state index in [1.54, 1.807) is 0 Å². The molecule has 6 nitrogen and oxygen atoms in total. The highest BCUT2D eigenvalue weighted by molar-refractivity contribution is 9.10. The van der Waals surface area contributed by atoms with Gasteiger partial charge in [0.15, 0.2) is 17.1 Å². The molecule has 0 saturated carbocycles. The fourth-order valence-electron chi connectivity index (χ4n) is 2.54. The molecule has 3 aromatic rings. The second-order valence-electron chi connectivity index (χ2n) is 6.32. The van der Waals surface area contributed by atoms with Gasteiger partial charge in [-0.1, -0.05) is 45.4 Å². The van der Waals surface area contributed by atoms with E-state index in [1.165, 1.54) is 11.8 Å². The molecule has 0 aliphatic rings. The normalized spacial score (nSPS) is 11.9. The standard InChI is InChI=1S/C20H21BrN4O2S/c1-13-4-8-16(9-5-13)22-18(26)12-28-20-24-23-19(25(20)3)14(2)27-17-10-6-15(21)7-11-17/h4-11,14H,12H2,1-3H3,(H,22,26). The van der Waals surface area contributed by atoms with Crippen molar-refractivity contribution < 1.29 is 9.53 Å². The van der Waals surface area contributed by atoms with E-state index in [4.69, 9.17) is 4.74 Å². The van der Waals surface area contributed by atoms with Gasteiger partial charge in [0.05, 0.1) is 5.75 Å². The molecule has 0 radical (unpaired) electrons. The molecule has 2 aromatic carbocycles. The van der Waals surface area contributed by atoms with Gasteiger partial charge >= 0.3 is 0 Å². The van der Waals surface area contributed by atoms with Gasteiger partial charge in [0, 0.05) is 17.2 Å². The number of anilines is 1. The van der Waals surface area contributed by atoms with Crippen LogP contribution >= 0.6 is 27.7 Å². The SMILES string of the molecule is Cc1ccc(NC(=O)CSc2nnc(C(C)Oc3ccc(Br)cc3)n2C)cc1. The molecule has 0 fully saturated rings. The van der Waals surface area contributed by atoms with Crippen LogP contribution in [0.2, 0.25) is 0 Å². The summed E-state index contributed by atoms with van der Waals surface area (Å²) in [6.45, 7) is 3.93. The maximum Gasteiger partial charge on any atom is 0.234 e. The van der Waals surface area contributed by atoms with Crippen molar-refractivity contribution in [2.45, 2.75) is 25.1 Å². The van der Waals surface area contributed by atoms with Gasteiger partial charge in [-0.3, -0.25) is 4.79 Å². The van der Waals surface area contributed by atoms with Gasteiger partial charge in [0.25, 0.3) is 0 Å². The van der Waals surface area contributed by atoms with E-state index in [9.17, 15) is 4.79 Å². The lowest BCUT2D eigenvalue weighted by Gasteiger charge is -2.14. The first-order chi connectivity index (χ1) is 13.4. The smallest absolute Gasteiger partial charge is 0.234 e. The predicted octanol–water partition coefficient (Wildman–Crippen LogP) is 4.76. The van der Waals surface area contributed by atoms with Crippen LogP contribution < -0.4 is 10.1 Å². The Morgan fingerprint density at radius 1 is 1.18 bits per heavy atom. The average molecular weight is 461 g/mol. The van der Waals surface area contributed by atoms with Crippen LogP contribution in [0.25, 0.3) is 0 Å². The number of carbonyl (C=O) groups excluding carboxylic acids is 1. The molecule has 0 aliphatic carbocycles. The largest absolute Gasteiger partial charge is 0.483 e. The second-order valence-corrected chi connectivity index (χ2v) is 8.17. The minimum Gasteiger partial charge on any atom is -0.483 e. The summed E-state index contributed by atoms with van der Waals surface area (Å²) in [6, 6.07) is 15.3. The van der Waals surface area contributed by atoms with Gasteiger partial charge in [-0.15, -0.1) is 10.2 Å². The van der Waals surface area contributed by atoms with Gasteiger partial charge in [-0.25, -0.2) is 0 Å². The van der Waals surface area contributed by atoms with Gasteiger partial charge in [-0.05, 0) is 50.2 Å². The number of hydrogen-bond donors (Lipinski definition) is 1. The zero-order chi connectivity index (χ0) is 20.1. The zero-order valence-electron chi connectivity index (χ0n) is 15.8. The minimum atomic E-state index is -0.269. The maximum absolute atomic E-state index is 12.2. The van der Waals surface area contributed by atoms with Crippen LogP contribution in [0, 0.1) is 6.92 Å². The number of rotatable bonds is 7. The number of aryl methyl sites for hydroxylation is 1. The predicted molar refractivity (Wildman–Crippen MR) is 115 cm³/mol. The van der Waals surface area contributed by atoms with E-state index < -0.39 is 0 Å². The van der Waals surface area contributed by atoms with E-state index in [0.29, 0.717) is 11.0 Å². The molecule has 28 heavy (non-hydrogen) atoms. The zero-order valence-corrected chi connectivity index (χ0v) is 18.3. The Labute approximate surface area is 176 Å². The summed E-state index contributed by atoms with van der Waals surface area (Å²) in [4.78, 5) is 12.2. The molecule has 3 rings (SSSR count). The lowest BCUT2D eigenvalue weighted by Crippen LogP contribution is -2.14. The molecule has 0 saturated heterocycles. The van der Waals surface area contributed by atoms with Crippen LogP contribution in [-0.4, -0.2) is 26.4 Å². The van der Waals surface area contributed by atoms with Crippen molar-refractivity contribution in [2.24, 2.45) is 7.05 Å². The fourth-order valence-corrected chi connectivity index (χ4v) is 3.52. The molecule has 1 heterocycles. The number of nitrogens with one attached hydrogen (secondary N) is 1. The molecule has 0 aliphatic heterocycles. The van der Waals surface area contributed by atoms with Crippen molar-refractivity contribution >= 4 is 39.3 Å². The summed E-state index contributed by atoms with van der Waals surface area (Å²) in [6.07, 6.45) is -0.269. The first-order valence-electron chi connectivity index (χ1n) is 8.73. The molecule has 1 atom stereocenters. The molecule has 1 unspecified atom stereocenters. The molecule has 8 heteroatoms. The number of aromatic nitrogens is 3. The summed E-state index contributed by atoms with van der Waals surface area (Å²) in [5.41, 5.74) is 1.94. The Morgan fingerprint density at radius 3 is 2.54 bits per heavy atom. The molecule has 1 N–H and O–H groups in total. The van der Waals surface area contributed by atoms with Gasteiger partial charge in [0.1, 0.15) is 5.75 Å². The average Bonchev–Trinajstić information content (AvgIpc) is 3.04. The Bertz CT molecular complexity index is 942. The van der Waals surface area contributed by atoms with E-state index in [0.717, 1.165) is 21.5 Å². The molecule has 1 amide bonds. The van der Waals surface area contributed by atoms with Crippen molar-refractivity contribution in [3.05, 3.63) is 64.4 Å².